The number of carbonyl (C=O) groups is 2. The number of halogens is 4. The van der Waals surface area contributed by atoms with Crippen molar-refractivity contribution in [3.8, 4) is 0 Å². The van der Waals surface area contributed by atoms with Gasteiger partial charge < -0.3 is 10.6 Å². The van der Waals surface area contributed by atoms with Crippen LogP contribution in [0.15, 0.2) is 40.5 Å². The Hall–Kier alpha value is -2.00. The third-order valence-electron chi connectivity index (χ3n) is 2.97. The van der Waals surface area contributed by atoms with E-state index in [4.69, 9.17) is 11.6 Å². The fraction of sp³-hybridized carbons (Fsp3) is 0.267. The maximum atomic E-state index is 12.2. The molecule has 10 heteroatoms. The van der Waals surface area contributed by atoms with Crippen molar-refractivity contribution in [1.82, 2.24) is 15.6 Å². The molecule has 0 aliphatic carbocycles. The monoisotopic (exact) mass is 391 g/mol. The molecule has 1 aliphatic heterocycles. The SMILES string of the molecule is O=C(CNC(=O)C1=C(Cl)CC=C(c2cccnc2)S1)NCC(F)(F)F. The number of aromatic nitrogens is 1. The summed E-state index contributed by atoms with van der Waals surface area (Å²) in [6, 6.07) is 3.58. The molecule has 0 aromatic carbocycles. The van der Waals surface area contributed by atoms with Crippen molar-refractivity contribution in [3.05, 3.63) is 46.1 Å². The van der Waals surface area contributed by atoms with Crippen LogP contribution in [0.1, 0.15) is 12.0 Å². The second kappa shape index (κ2) is 8.39. The zero-order chi connectivity index (χ0) is 18.4. The highest BCUT2D eigenvalue weighted by Gasteiger charge is 2.28. The lowest BCUT2D eigenvalue weighted by atomic mass is 10.2. The second-order valence-electron chi connectivity index (χ2n) is 4.92. The van der Waals surface area contributed by atoms with E-state index in [1.807, 2.05) is 12.1 Å². The Morgan fingerprint density at radius 2 is 2.08 bits per heavy atom. The first kappa shape index (κ1) is 19.3. The van der Waals surface area contributed by atoms with Crippen molar-refractivity contribution < 1.29 is 22.8 Å². The van der Waals surface area contributed by atoms with E-state index in [1.165, 1.54) is 0 Å². The Labute approximate surface area is 150 Å². The van der Waals surface area contributed by atoms with E-state index in [9.17, 15) is 22.8 Å². The summed E-state index contributed by atoms with van der Waals surface area (Å²) in [6.45, 7) is -2.02. The zero-order valence-corrected chi connectivity index (χ0v) is 14.3. The van der Waals surface area contributed by atoms with Crippen LogP contribution in [-0.2, 0) is 9.59 Å². The van der Waals surface area contributed by atoms with Gasteiger partial charge in [-0.3, -0.25) is 14.6 Å². The van der Waals surface area contributed by atoms with Crippen molar-refractivity contribution in [2.24, 2.45) is 0 Å². The number of hydrogen-bond acceptors (Lipinski definition) is 4. The minimum absolute atomic E-state index is 0.201. The first-order chi connectivity index (χ1) is 11.8. The molecular weight excluding hydrogens is 379 g/mol. The second-order valence-corrected chi connectivity index (χ2v) is 6.43. The molecule has 0 fully saturated rings. The number of pyridine rings is 1. The Bertz CT molecular complexity index is 720. The van der Waals surface area contributed by atoms with Gasteiger partial charge in [-0.25, -0.2) is 0 Å². The normalized spacial score (nSPS) is 14.8. The van der Waals surface area contributed by atoms with Gasteiger partial charge in [0.25, 0.3) is 5.91 Å². The van der Waals surface area contributed by atoms with Gasteiger partial charge in [-0.05, 0) is 6.07 Å². The van der Waals surface area contributed by atoms with Gasteiger partial charge in [0, 0.05) is 34.3 Å². The van der Waals surface area contributed by atoms with Crippen LogP contribution in [0.2, 0.25) is 0 Å². The van der Waals surface area contributed by atoms with Gasteiger partial charge in [-0.2, -0.15) is 13.2 Å². The maximum absolute atomic E-state index is 12.2. The molecule has 25 heavy (non-hydrogen) atoms. The minimum Gasteiger partial charge on any atom is -0.345 e. The molecule has 0 saturated heterocycles. The van der Waals surface area contributed by atoms with E-state index >= 15 is 0 Å². The molecule has 0 saturated carbocycles. The number of alkyl halides is 3. The highest BCUT2D eigenvalue weighted by atomic mass is 35.5. The van der Waals surface area contributed by atoms with Crippen LogP contribution < -0.4 is 10.6 Å². The Balaban J connectivity index is 1.91. The first-order valence-electron chi connectivity index (χ1n) is 7.05. The average Bonchev–Trinajstić information content (AvgIpc) is 2.58. The molecule has 1 aromatic heterocycles. The van der Waals surface area contributed by atoms with Crippen LogP contribution in [-0.4, -0.2) is 36.1 Å². The third kappa shape index (κ3) is 6.09. The number of nitrogens with one attached hydrogen (secondary N) is 2. The number of nitrogens with zero attached hydrogens (tertiary/aromatic N) is 1. The predicted molar refractivity (Wildman–Crippen MR) is 89.4 cm³/mol. The fourth-order valence-corrected chi connectivity index (χ4v) is 3.10. The number of thioether (sulfide) groups is 1. The average molecular weight is 392 g/mol. The van der Waals surface area contributed by atoms with Gasteiger partial charge in [-0.1, -0.05) is 35.5 Å². The number of allylic oxidation sites excluding steroid dienone is 2. The van der Waals surface area contributed by atoms with Crippen LogP contribution in [0, 0.1) is 0 Å². The van der Waals surface area contributed by atoms with Crippen LogP contribution >= 0.6 is 23.4 Å². The molecule has 1 aliphatic rings. The molecular formula is C15H13ClF3N3O2S. The molecule has 0 unspecified atom stereocenters. The van der Waals surface area contributed by atoms with Gasteiger partial charge in [0.2, 0.25) is 5.91 Å². The molecule has 0 spiro atoms. The summed E-state index contributed by atoms with van der Waals surface area (Å²) in [4.78, 5) is 28.5. The Morgan fingerprint density at radius 3 is 2.72 bits per heavy atom. The molecule has 0 atom stereocenters. The first-order valence-corrected chi connectivity index (χ1v) is 8.24. The molecule has 2 N–H and O–H groups in total. The summed E-state index contributed by atoms with van der Waals surface area (Å²) >= 11 is 7.17. The van der Waals surface area contributed by atoms with E-state index < -0.39 is 31.1 Å². The van der Waals surface area contributed by atoms with Gasteiger partial charge in [0.1, 0.15) is 6.54 Å². The lowest BCUT2D eigenvalue weighted by Crippen LogP contribution is -2.41. The van der Waals surface area contributed by atoms with Gasteiger partial charge in [-0.15, -0.1) is 0 Å². The van der Waals surface area contributed by atoms with Crippen molar-refractivity contribution in [1.29, 1.82) is 0 Å². The van der Waals surface area contributed by atoms with Crippen molar-refractivity contribution in [2.45, 2.75) is 12.6 Å². The molecule has 2 heterocycles. The summed E-state index contributed by atoms with van der Waals surface area (Å²) in [5.74, 6) is -1.56. The number of hydrogen-bond donors (Lipinski definition) is 2. The molecule has 134 valence electrons. The number of carbonyl (C=O) groups excluding carboxylic acids is 2. The van der Waals surface area contributed by atoms with Gasteiger partial charge in [0.05, 0.1) is 11.4 Å². The summed E-state index contributed by atoms with van der Waals surface area (Å²) in [5.41, 5.74) is 0.810. The molecule has 5 nitrogen and oxygen atoms in total. The predicted octanol–water partition coefficient (Wildman–Crippen LogP) is 2.80. The number of amides is 2. The molecule has 0 bridgehead atoms. The highest BCUT2D eigenvalue weighted by Crippen LogP contribution is 2.41. The smallest absolute Gasteiger partial charge is 0.345 e. The van der Waals surface area contributed by atoms with E-state index in [2.05, 4.69) is 10.3 Å². The van der Waals surface area contributed by atoms with Crippen LogP contribution in [0.4, 0.5) is 13.2 Å². The molecule has 0 radical (unpaired) electrons. The van der Waals surface area contributed by atoms with Crippen LogP contribution in [0.25, 0.3) is 4.91 Å². The van der Waals surface area contributed by atoms with E-state index in [0.717, 1.165) is 22.2 Å². The third-order valence-corrected chi connectivity index (χ3v) is 4.69. The van der Waals surface area contributed by atoms with Crippen molar-refractivity contribution >= 4 is 40.1 Å². The lowest BCUT2D eigenvalue weighted by molar-refractivity contribution is -0.138. The quantitative estimate of drug-likeness (QED) is 0.809. The number of rotatable bonds is 5. The summed E-state index contributed by atoms with van der Waals surface area (Å²) in [5, 5.41) is 4.24. The van der Waals surface area contributed by atoms with Gasteiger partial charge >= 0.3 is 6.18 Å². The molecule has 2 rings (SSSR count). The molecule has 2 amide bonds. The largest absolute Gasteiger partial charge is 0.405 e. The summed E-state index contributed by atoms with van der Waals surface area (Å²) in [7, 11) is 0. The maximum Gasteiger partial charge on any atom is 0.405 e. The van der Waals surface area contributed by atoms with E-state index in [0.29, 0.717) is 11.5 Å². The minimum atomic E-state index is -4.51. The van der Waals surface area contributed by atoms with Gasteiger partial charge in [0.15, 0.2) is 0 Å². The van der Waals surface area contributed by atoms with E-state index in [-0.39, 0.29) is 4.91 Å². The fourth-order valence-electron chi connectivity index (χ4n) is 1.84. The van der Waals surface area contributed by atoms with E-state index in [1.54, 1.807) is 23.8 Å². The summed E-state index contributed by atoms with van der Waals surface area (Å²) in [6.07, 6.45) is 0.929. The van der Waals surface area contributed by atoms with Crippen LogP contribution in [0.5, 0.6) is 0 Å². The summed E-state index contributed by atoms with van der Waals surface area (Å²) < 4.78 is 36.1. The topological polar surface area (TPSA) is 71.1 Å². The Morgan fingerprint density at radius 1 is 1.32 bits per heavy atom. The molecule has 1 aromatic rings. The highest BCUT2D eigenvalue weighted by molar-refractivity contribution is 8.12. The Kier molecular flexibility index (Phi) is 6.49. The van der Waals surface area contributed by atoms with Crippen molar-refractivity contribution in [2.75, 3.05) is 13.1 Å². The van der Waals surface area contributed by atoms with Crippen LogP contribution in [0.3, 0.4) is 0 Å². The van der Waals surface area contributed by atoms with Crippen molar-refractivity contribution in [3.63, 3.8) is 0 Å². The zero-order valence-electron chi connectivity index (χ0n) is 12.7. The lowest BCUT2D eigenvalue weighted by Gasteiger charge is -2.17. The standard InChI is InChI=1S/C15H13ClF3N3O2S/c16-10-3-4-11(9-2-1-5-20-6-9)25-13(10)14(24)21-7-12(23)22-8-15(17,18)19/h1-2,4-6H,3,7-8H2,(H,21,24)(H,22,23).